The van der Waals surface area contributed by atoms with E-state index >= 15 is 0 Å². The number of hydrogen-bond donors (Lipinski definition) is 1. The Morgan fingerprint density at radius 3 is 2.47 bits per heavy atom. The monoisotopic (exact) mass is 233 g/mol. The molecule has 2 rings (SSSR count). The minimum atomic E-state index is -3.49. The number of benzene rings is 1. The third-order valence-corrected chi connectivity index (χ3v) is 4.00. The molecule has 15 heavy (non-hydrogen) atoms. The smallest absolute Gasteiger partial charge is 0.235 e. The van der Waals surface area contributed by atoms with Crippen LogP contribution in [0.25, 0.3) is 0 Å². The highest BCUT2D eigenvalue weighted by Gasteiger charge is 2.36. The summed E-state index contributed by atoms with van der Waals surface area (Å²) in [5.41, 5.74) is -0.205. The summed E-state index contributed by atoms with van der Waals surface area (Å²) in [5.74, 6) is -1.64. The first kappa shape index (κ1) is 10.4. The molecule has 1 aliphatic rings. The summed E-state index contributed by atoms with van der Waals surface area (Å²) in [5, 5.41) is -0.429. The molecule has 1 aliphatic carbocycles. The number of hydrogen-bond acceptors (Lipinski definition) is 2. The van der Waals surface area contributed by atoms with Crippen LogP contribution in [-0.4, -0.2) is 13.7 Å². The molecular weight excluding hydrogens is 224 g/mol. The third kappa shape index (κ3) is 2.26. The highest BCUT2D eigenvalue weighted by Crippen LogP contribution is 2.30. The molecule has 1 saturated carbocycles. The largest absolute Gasteiger partial charge is 0.280 e. The number of anilines is 1. The predicted molar refractivity (Wildman–Crippen MR) is 51.9 cm³/mol. The summed E-state index contributed by atoms with van der Waals surface area (Å²) in [6.07, 6.45) is 1.19. The summed E-state index contributed by atoms with van der Waals surface area (Å²) >= 11 is 0. The Hall–Kier alpha value is -1.17. The number of sulfonamides is 1. The van der Waals surface area contributed by atoms with Gasteiger partial charge in [0.2, 0.25) is 10.0 Å². The fourth-order valence-corrected chi connectivity index (χ4v) is 2.58. The summed E-state index contributed by atoms with van der Waals surface area (Å²) in [6, 6.07) is 2.73. The molecular formula is C9H9F2NO2S. The van der Waals surface area contributed by atoms with Crippen LogP contribution < -0.4 is 4.72 Å². The first-order valence-corrected chi connectivity index (χ1v) is 6.00. The van der Waals surface area contributed by atoms with Crippen LogP contribution in [0.5, 0.6) is 0 Å². The van der Waals surface area contributed by atoms with Gasteiger partial charge in [0.25, 0.3) is 0 Å². The van der Waals surface area contributed by atoms with Gasteiger partial charge in [-0.05, 0) is 25.0 Å². The molecule has 0 aromatic heterocycles. The van der Waals surface area contributed by atoms with Gasteiger partial charge in [-0.25, -0.2) is 17.2 Å². The predicted octanol–water partition coefficient (Wildman–Crippen LogP) is 1.87. The lowest BCUT2D eigenvalue weighted by Crippen LogP contribution is -2.18. The van der Waals surface area contributed by atoms with E-state index in [0.717, 1.165) is 12.1 Å². The van der Waals surface area contributed by atoms with E-state index in [0.29, 0.717) is 18.9 Å². The van der Waals surface area contributed by atoms with Crippen molar-refractivity contribution in [1.29, 1.82) is 0 Å². The van der Waals surface area contributed by atoms with Crippen LogP contribution in [0.15, 0.2) is 18.2 Å². The first-order valence-electron chi connectivity index (χ1n) is 4.46. The van der Waals surface area contributed by atoms with E-state index < -0.39 is 26.9 Å². The molecule has 1 fully saturated rings. The van der Waals surface area contributed by atoms with Gasteiger partial charge in [-0.1, -0.05) is 0 Å². The van der Waals surface area contributed by atoms with Gasteiger partial charge in [0, 0.05) is 6.07 Å². The Morgan fingerprint density at radius 1 is 1.27 bits per heavy atom. The van der Waals surface area contributed by atoms with Crippen LogP contribution in [0.3, 0.4) is 0 Å². The molecule has 0 bridgehead atoms. The minimum Gasteiger partial charge on any atom is -0.280 e. The van der Waals surface area contributed by atoms with E-state index in [2.05, 4.69) is 4.72 Å². The van der Waals surface area contributed by atoms with Gasteiger partial charge in [0.1, 0.15) is 11.6 Å². The van der Waals surface area contributed by atoms with Gasteiger partial charge < -0.3 is 0 Å². The SMILES string of the molecule is O=S(=O)(Nc1ccc(F)cc1F)C1CC1. The fraction of sp³-hybridized carbons (Fsp3) is 0.333. The second-order valence-electron chi connectivity index (χ2n) is 3.47. The Kier molecular flexibility index (Phi) is 2.38. The molecule has 1 aromatic rings. The summed E-state index contributed by atoms with van der Waals surface area (Å²) in [7, 11) is -3.49. The van der Waals surface area contributed by atoms with Crippen molar-refractivity contribution in [1.82, 2.24) is 0 Å². The van der Waals surface area contributed by atoms with Crippen LogP contribution in [0.4, 0.5) is 14.5 Å². The van der Waals surface area contributed by atoms with Gasteiger partial charge in [-0.15, -0.1) is 0 Å². The molecule has 0 unspecified atom stereocenters. The number of halogens is 2. The average molecular weight is 233 g/mol. The molecule has 6 heteroatoms. The molecule has 0 spiro atoms. The lowest BCUT2D eigenvalue weighted by molar-refractivity contribution is 0.582. The minimum absolute atomic E-state index is 0.205. The van der Waals surface area contributed by atoms with Crippen LogP contribution in [0.1, 0.15) is 12.8 Å². The van der Waals surface area contributed by atoms with E-state index in [-0.39, 0.29) is 5.69 Å². The van der Waals surface area contributed by atoms with Gasteiger partial charge in [0.15, 0.2) is 0 Å². The topological polar surface area (TPSA) is 46.2 Å². The maximum atomic E-state index is 13.1. The first-order chi connectivity index (χ1) is 6.99. The van der Waals surface area contributed by atoms with E-state index in [4.69, 9.17) is 0 Å². The maximum absolute atomic E-state index is 13.1. The Balaban J connectivity index is 2.24. The van der Waals surface area contributed by atoms with Crippen molar-refractivity contribution < 1.29 is 17.2 Å². The summed E-state index contributed by atoms with van der Waals surface area (Å²) in [4.78, 5) is 0. The van der Waals surface area contributed by atoms with Crippen molar-refractivity contribution in [2.45, 2.75) is 18.1 Å². The average Bonchev–Trinajstić information content (AvgIpc) is 2.92. The Bertz CT molecular complexity index is 483. The zero-order valence-electron chi connectivity index (χ0n) is 7.70. The second-order valence-corrected chi connectivity index (χ2v) is 5.43. The second kappa shape index (κ2) is 3.44. The molecule has 0 heterocycles. The van der Waals surface area contributed by atoms with Gasteiger partial charge >= 0.3 is 0 Å². The number of rotatable bonds is 3. The summed E-state index contributed by atoms with van der Waals surface area (Å²) < 4.78 is 50.6. The molecule has 0 aliphatic heterocycles. The van der Waals surface area contributed by atoms with Gasteiger partial charge in [0.05, 0.1) is 10.9 Å². The molecule has 82 valence electrons. The molecule has 0 atom stereocenters. The van der Waals surface area contributed by atoms with Crippen LogP contribution in [0, 0.1) is 11.6 Å². The van der Waals surface area contributed by atoms with Gasteiger partial charge in [-0.2, -0.15) is 0 Å². The molecule has 3 nitrogen and oxygen atoms in total. The normalized spacial score (nSPS) is 16.4. The zero-order valence-corrected chi connectivity index (χ0v) is 8.52. The van der Waals surface area contributed by atoms with Crippen molar-refractivity contribution >= 4 is 15.7 Å². The highest BCUT2D eigenvalue weighted by atomic mass is 32.2. The molecule has 0 saturated heterocycles. The zero-order chi connectivity index (χ0) is 11.1. The van der Waals surface area contributed by atoms with Crippen molar-refractivity contribution in [3.63, 3.8) is 0 Å². The quantitative estimate of drug-likeness (QED) is 0.866. The standard InChI is InChI=1S/C9H9F2NO2S/c10-6-1-4-9(8(11)5-6)12-15(13,14)7-2-3-7/h1,4-5,7,12H,2-3H2. The van der Waals surface area contributed by atoms with Crippen molar-refractivity contribution in [3.05, 3.63) is 29.8 Å². The maximum Gasteiger partial charge on any atom is 0.235 e. The molecule has 0 radical (unpaired) electrons. The molecule has 0 amide bonds. The number of nitrogens with one attached hydrogen (secondary N) is 1. The third-order valence-electron chi connectivity index (χ3n) is 2.15. The Labute approximate surface area is 86.2 Å². The van der Waals surface area contributed by atoms with Gasteiger partial charge in [-0.3, -0.25) is 4.72 Å². The molecule has 1 N–H and O–H groups in total. The lowest BCUT2D eigenvalue weighted by Gasteiger charge is -2.07. The van der Waals surface area contributed by atoms with Crippen molar-refractivity contribution in [2.75, 3.05) is 4.72 Å². The van der Waals surface area contributed by atoms with E-state index in [1.165, 1.54) is 0 Å². The van der Waals surface area contributed by atoms with Crippen molar-refractivity contribution in [2.24, 2.45) is 0 Å². The van der Waals surface area contributed by atoms with Crippen LogP contribution >= 0.6 is 0 Å². The van der Waals surface area contributed by atoms with E-state index in [1.807, 2.05) is 0 Å². The van der Waals surface area contributed by atoms with E-state index in [1.54, 1.807) is 0 Å². The highest BCUT2D eigenvalue weighted by molar-refractivity contribution is 7.93. The fourth-order valence-electron chi connectivity index (χ4n) is 1.19. The van der Waals surface area contributed by atoms with Crippen molar-refractivity contribution in [3.8, 4) is 0 Å². The lowest BCUT2D eigenvalue weighted by atomic mass is 10.3. The molecule has 1 aromatic carbocycles. The Morgan fingerprint density at radius 2 is 1.93 bits per heavy atom. The van der Waals surface area contributed by atoms with Crippen LogP contribution in [-0.2, 0) is 10.0 Å². The van der Waals surface area contributed by atoms with Crippen LogP contribution in [0.2, 0.25) is 0 Å². The van der Waals surface area contributed by atoms with E-state index in [9.17, 15) is 17.2 Å². The summed E-state index contributed by atoms with van der Waals surface area (Å²) in [6.45, 7) is 0.